The van der Waals surface area contributed by atoms with E-state index in [1.54, 1.807) is 13.1 Å². The molecule has 0 bridgehead atoms. The highest BCUT2D eigenvalue weighted by atomic mass is 16.5. The Morgan fingerprint density at radius 1 is 0.786 bits per heavy atom. The van der Waals surface area contributed by atoms with Crippen LogP contribution >= 0.6 is 0 Å². The van der Waals surface area contributed by atoms with E-state index in [0.717, 1.165) is 33.2 Å². The summed E-state index contributed by atoms with van der Waals surface area (Å²) >= 11 is 0. The fraction of sp³-hybridized carbons (Fsp3) is 0.395. The maximum atomic E-state index is 13.6. The van der Waals surface area contributed by atoms with Gasteiger partial charge in [-0.05, 0) is 60.9 Å². The number of rotatable bonds is 14. The Labute approximate surface area is 326 Å². The second-order valence-electron chi connectivity index (χ2n) is 15.2. The van der Waals surface area contributed by atoms with Crippen molar-refractivity contribution in [2.24, 2.45) is 11.8 Å². The van der Waals surface area contributed by atoms with Crippen molar-refractivity contribution in [3.05, 3.63) is 90.1 Å². The van der Waals surface area contributed by atoms with Gasteiger partial charge in [0.2, 0.25) is 23.6 Å². The SMILES string of the molecule is CC(CC(=O)C(C)NC(=O)C(C)NC(=O)OCC1c2ccccc2-c2ccccc21)C(=O)N1CCCC1C(=O)NC(C(=O)Nc1c[nH]c2ccccc12)C(C)C. The summed E-state index contributed by atoms with van der Waals surface area (Å²) in [7, 11) is 0. The first kappa shape index (κ1) is 39.7. The first-order valence-corrected chi connectivity index (χ1v) is 19.3. The highest BCUT2D eigenvalue weighted by Crippen LogP contribution is 2.44. The summed E-state index contributed by atoms with van der Waals surface area (Å²) in [4.78, 5) is 84.1. The number of Topliss-reactive ketones (excluding diaryl/α,β-unsaturated/α-hetero) is 1. The van der Waals surface area contributed by atoms with Crippen LogP contribution in [0.15, 0.2) is 79.0 Å². The summed E-state index contributed by atoms with van der Waals surface area (Å²) in [6.45, 7) is 8.75. The molecule has 0 radical (unpaired) electrons. The summed E-state index contributed by atoms with van der Waals surface area (Å²) in [6.07, 6.45) is 1.81. The third-order valence-corrected chi connectivity index (χ3v) is 10.8. The van der Waals surface area contributed by atoms with Gasteiger partial charge in [0.25, 0.3) is 0 Å². The molecule has 294 valence electrons. The number of aromatic nitrogens is 1. The number of aromatic amines is 1. The number of fused-ring (bicyclic) bond motifs is 4. The molecule has 1 saturated heterocycles. The third kappa shape index (κ3) is 8.61. The summed E-state index contributed by atoms with van der Waals surface area (Å²) in [5.41, 5.74) is 5.81. The number of anilines is 1. The van der Waals surface area contributed by atoms with Gasteiger partial charge in [-0.15, -0.1) is 0 Å². The molecule has 5 unspecified atom stereocenters. The number of ketones is 1. The molecule has 0 saturated carbocycles. The van der Waals surface area contributed by atoms with Crippen molar-refractivity contribution in [2.45, 2.75) is 84.0 Å². The Morgan fingerprint density at radius 3 is 2.11 bits per heavy atom. The van der Waals surface area contributed by atoms with Crippen LogP contribution in [0.1, 0.15) is 70.9 Å². The summed E-state index contributed by atoms with van der Waals surface area (Å²) in [5, 5.41) is 11.8. The molecule has 1 fully saturated rings. The number of benzene rings is 3. The van der Waals surface area contributed by atoms with E-state index in [4.69, 9.17) is 4.74 Å². The molecule has 6 rings (SSSR count). The van der Waals surface area contributed by atoms with Gasteiger partial charge in [0.15, 0.2) is 5.78 Å². The van der Waals surface area contributed by atoms with Gasteiger partial charge in [0.05, 0.1) is 11.7 Å². The standard InChI is InChI=1S/C43H50N6O7/c1-24(2)38(41(53)47-35-22-44-34-18-11-10-17-32(34)35)48-40(52)36-19-12-20-49(36)42(54)25(3)21-37(50)26(4)45-39(51)27(5)46-43(55)56-23-33-30-15-8-6-13-28(30)29-14-7-9-16-31(29)33/h6-11,13-18,22,24-27,33,36,38,44H,12,19-21,23H2,1-5H3,(H,45,51)(H,46,55)(H,47,53)(H,48,52). The van der Waals surface area contributed by atoms with Crippen LogP contribution in [0.2, 0.25) is 0 Å². The lowest BCUT2D eigenvalue weighted by atomic mass is 9.98. The largest absolute Gasteiger partial charge is 0.449 e. The zero-order valence-corrected chi connectivity index (χ0v) is 32.4. The van der Waals surface area contributed by atoms with E-state index in [1.165, 1.54) is 18.7 Å². The molecule has 1 aliphatic heterocycles. The molecule has 4 aromatic rings. The number of nitrogens with zero attached hydrogens (tertiary/aromatic N) is 1. The highest BCUT2D eigenvalue weighted by molar-refractivity contribution is 6.05. The van der Waals surface area contributed by atoms with Crippen LogP contribution in [0.5, 0.6) is 0 Å². The second-order valence-corrected chi connectivity index (χ2v) is 15.2. The lowest BCUT2D eigenvalue weighted by molar-refractivity contribution is -0.143. The van der Waals surface area contributed by atoms with Gasteiger partial charge in [-0.2, -0.15) is 0 Å². The minimum Gasteiger partial charge on any atom is -0.449 e. The van der Waals surface area contributed by atoms with E-state index in [1.807, 2.05) is 86.6 Å². The Morgan fingerprint density at radius 2 is 1.43 bits per heavy atom. The van der Waals surface area contributed by atoms with Gasteiger partial charge < -0.3 is 35.9 Å². The molecular formula is C43H50N6O7. The van der Waals surface area contributed by atoms with E-state index < -0.39 is 48.0 Å². The average molecular weight is 763 g/mol. The van der Waals surface area contributed by atoms with Crippen LogP contribution in [0, 0.1) is 11.8 Å². The number of ether oxygens (including phenoxy) is 1. The summed E-state index contributed by atoms with van der Waals surface area (Å²) in [5.74, 6) is -3.25. The lowest BCUT2D eigenvalue weighted by Crippen LogP contribution is -2.54. The minimum absolute atomic E-state index is 0.0913. The van der Waals surface area contributed by atoms with Crippen LogP contribution in [0.3, 0.4) is 0 Å². The molecule has 13 nitrogen and oxygen atoms in total. The Hall–Kier alpha value is -5.98. The minimum atomic E-state index is -0.997. The predicted molar refractivity (Wildman–Crippen MR) is 212 cm³/mol. The fourth-order valence-electron chi connectivity index (χ4n) is 7.62. The Balaban J connectivity index is 0.964. The lowest BCUT2D eigenvalue weighted by Gasteiger charge is -2.29. The van der Waals surface area contributed by atoms with Gasteiger partial charge >= 0.3 is 6.09 Å². The van der Waals surface area contributed by atoms with Gasteiger partial charge in [0.1, 0.15) is 24.7 Å². The molecule has 0 spiro atoms. The van der Waals surface area contributed by atoms with Crippen molar-refractivity contribution in [2.75, 3.05) is 18.5 Å². The van der Waals surface area contributed by atoms with E-state index in [-0.39, 0.29) is 42.5 Å². The van der Waals surface area contributed by atoms with Crippen LogP contribution in [-0.4, -0.2) is 82.7 Å². The first-order chi connectivity index (χ1) is 26.8. The maximum Gasteiger partial charge on any atom is 0.407 e. The number of H-pyrrole nitrogens is 1. The van der Waals surface area contributed by atoms with Gasteiger partial charge in [-0.3, -0.25) is 24.0 Å². The molecule has 5 atom stereocenters. The number of carbonyl (C=O) groups is 6. The van der Waals surface area contributed by atoms with E-state index in [2.05, 4.69) is 26.3 Å². The molecular weight excluding hydrogens is 713 g/mol. The topological polar surface area (TPSA) is 179 Å². The molecule has 3 aromatic carbocycles. The number of para-hydroxylation sites is 1. The van der Waals surface area contributed by atoms with Gasteiger partial charge in [-0.25, -0.2) is 4.79 Å². The molecule has 2 heterocycles. The number of alkyl carbamates (subject to hydrolysis) is 1. The average Bonchev–Trinajstić information content (AvgIpc) is 3.92. The van der Waals surface area contributed by atoms with E-state index >= 15 is 0 Å². The van der Waals surface area contributed by atoms with Crippen LogP contribution < -0.4 is 21.3 Å². The molecule has 56 heavy (non-hydrogen) atoms. The Bertz CT molecular complexity index is 2080. The molecule has 5 amide bonds. The molecule has 5 N–H and O–H groups in total. The second kappa shape index (κ2) is 17.2. The number of hydrogen-bond donors (Lipinski definition) is 5. The number of hydrogen-bond acceptors (Lipinski definition) is 7. The quantitative estimate of drug-likeness (QED) is 0.116. The Kier molecular flexibility index (Phi) is 12.2. The van der Waals surface area contributed by atoms with Crippen molar-refractivity contribution < 1.29 is 33.5 Å². The zero-order valence-electron chi connectivity index (χ0n) is 32.4. The normalized spacial score (nSPS) is 17.0. The summed E-state index contributed by atoms with van der Waals surface area (Å²) in [6, 6.07) is 20.0. The van der Waals surface area contributed by atoms with E-state index in [9.17, 15) is 28.8 Å². The van der Waals surface area contributed by atoms with Crippen molar-refractivity contribution >= 4 is 52.1 Å². The summed E-state index contributed by atoms with van der Waals surface area (Å²) < 4.78 is 5.56. The molecule has 2 aliphatic rings. The van der Waals surface area contributed by atoms with Crippen LogP contribution in [0.25, 0.3) is 22.0 Å². The van der Waals surface area contributed by atoms with Gasteiger partial charge in [0, 0.05) is 41.9 Å². The van der Waals surface area contributed by atoms with Crippen LogP contribution in [-0.2, 0) is 28.7 Å². The van der Waals surface area contributed by atoms with Gasteiger partial charge in [-0.1, -0.05) is 87.5 Å². The van der Waals surface area contributed by atoms with Crippen molar-refractivity contribution in [3.63, 3.8) is 0 Å². The monoisotopic (exact) mass is 762 g/mol. The molecule has 1 aromatic heterocycles. The highest BCUT2D eigenvalue weighted by Gasteiger charge is 2.39. The third-order valence-electron chi connectivity index (χ3n) is 10.8. The molecule has 1 aliphatic carbocycles. The first-order valence-electron chi connectivity index (χ1n) is 19.3. The van der Waals surface area contributed by atoms with Crippen molar-refractivity contribution in [3.8, 4) is 11.1 Å². The zero-order chi connectivity index (χ0) is 40.1. The number of amides is 5. The van der Waals surface area contributed by atoms with Crippen molar-refractivity contribution in [1.29, 1.82) is 0 Å². The molecule has 13 heteroatoms. The number of likely N-dealkylation sites (tertiary alicyclic amines) is 1. The van der Waals surface area contributed by atoms with Crippen molar-refractivity contribution in [1.82, 2.24) is 25.8 Å². The number of carbonyl (C=O) groups excluding carboxylic acids is 6. The smallest absolute Gasteiger partial charge is 0.407 e. The van der Waals surface area contributed by atoms with Crippen LogP contribution in [0.4, 0.5) is 10.5 Å². The fourth-order valence-corrected chi connectivity index (χ4v) is 7.62. The van der Waals surface area contributed by atoms with E-state index in [0.29, 0.717) is 25.1 Å². The maximum absolute atomic E-state index is 13.6. The predicted octanol–water partition coefficient (Wildman–Crippen LogP) is 5.27. The number of nitrogens with one attached hydrogen (secondary N) is 5.